The minimum absolute atomic E-state index is 0.0404. The number of rotatable bonds is 6. The Morgan fingerprint density at radius 3 is 2.26 bits per heavy atom. The molecule has 0 atom stereocenters. The molecule has 0 amide bonds. The number of benzene rings is 1. The van der Waals surface area contributed by atoms with E-state index in [0.717, 1.165) is 0 Å². The molecular weight excluding hydrogens is 312 g/mol. The third-order valence-corrected chi connectivity index (χ3v) is 4.87. The highest BCUT2D eigenvalue weighted by molar-refractivity contribution is 7.89. The van der Waals surface area contributed by atoms with Crippen LogP contribution in [0.4, 0.5) is 0 Å². The molecule has 0 radical (unpaired) electrons. The Hall–Kier alpha value is -1.92. The molecule has 0 spiro atoms. The Morgan fingerprint density at radius 1 is 1.09 bits per heavy atom. The molecule has 1 aromatic carbocycles. The minimum atomic E-state index is -3.66. The van der Waals surface area contributed by atoms with Crippen LogP contribution in [0.15, 0.2) is 53.6 Å². The largest absolute Gasteiger partial charge is 0.491 e. The molecule has 6 heteroatoms. The lowest BCUT2D eigenvalue weighted by molar-refractivity contribution is 0.242. The molecule has 0 bridgehead atoms. The standard InChI is InChI=1S/C17H22N2O3S/c1-13(2)22-14-8-10-15(11-9-14)23(20,21)19-17(3,4)16-7-5-6-12-18-16/h5-13,19H,1-4H3. The van der Waals surface area contributed by atoms with Gasteiger partial charge in [-0.05, 0) is 64.1 Å². The summed E-state index contributed by atoms with van der Waals surface area (Å²) in [7, 11) is -3.66. The first-order chi connectivity index (χ1) is 10.7. The Morgan fingerprint density at radius 2 is 1.74 bits per heavy atom. The maximum Gasteiger partial charge on any atom is 0.241 e. The van der Waals surface area contributed by atoms with Crippen molar-refractivity contribution < 1.29 is 13.2 Å². The van der Waals surface area contributed by atoms with Crippen LogP contribution in [-0.2, 0) is 15.6 Å². The Labute approximate surface area is 137 Å². The molecule has 0 unspecified atom stereocenters. The second kappa shape index (κ2) is 6.68. The zero-order chi connectivity index (χ0) is 17.1. The smallest absolute Gasteiger partial charge is 0.241 e. The van der Waals surface area contributed by atoms with Gasteiger partial charge in [0.15, 0.2) is 0 Å². The van der Waals surface area contributed by atoms with Crippen molar-refractivity contribution in [1.82, 2.24) is 9.71 Å². The highest BCUT2D eigenvalue weighted by Gasteiger charge is 2.28. The highest BCUT2D eigenvalue weighted by Crippen LogP contribution is 2.22. The van der Waals surface area contributed by atoms with Crippen LogP contribution in [0.3, 0.4) is 0 Å². The maximum atomic E-state index is 12.6. The van der Waals surface area contributed by atoms with Crippen molar-refractivity contribution in [2.75, 3.05) is 0 Å². The fraction of sp³-hybridized carbons (Fsp3) is 0.353. The van der Waals surface area contributed by atoms with E-state index in [1.54, 1.807) is 44.3 Å². The summed E-state index contributed by atoms with van der Waals surface area (Å²) in [5.41, 5.74) is -0.156. The van der Waals surface area contributed by atoms with E-state index in [-0.39, 0.29) is 11.0 Å². The molecule has 2 aromatic rings. The fourth-order valence-corrected chi connectivity index (χ4v) is 3.54. The maximum absolute atomic E-state index is 12.6. The SMILES string of the molecule is CC(C)Oc1ccc(S(=O)(=O)NC(C)(C)c2ccccn2)cc1. The lowest BCUT2D eigenvalue weighted by Gasteiger charge is -2.25. The number of nitrogens with one attached hydrogen (secondary N) is 1. The molecule has 124 valence electrons. The van der Waals surface area contributed by atoms with Gasteiger partial charge in [-0.2, -0.15) is 4.72 Å². The summed E-state index contributed by atoms with van der Waals surface area (Å²) in [6.45, 7) is 7.40. The van der Waals surface area contributed by atoms with E-state index in [4.69, 9.17) is 4.74 Å². The van der Waals surface area contributed by atoms with Crippen molar-refractivity contribution in [2.45, 2.75) is 44.2 Å². The lowest BCUT2D eigenvalue weighted by Crippen LogP contribution is -2.41. The van der Waals surface area contributed by atoms with Gasteiger partial charge in [0.25, 0.3) is 0 Å². The average molecular weight is 334 g/mol. The zero-order valence-electron chi connectivity index (χ0n) is 13.8. The van der Waals surface area contributed by atoms with Crippen molar-refractivity contribution in [1.29, 1.82) is 0 Å². The normalized spacial score (nSPS) is 12.4. The van der Waals surface area contributed by atoms with Gasteiger partial charge < -0.3 is 4.74 Å². The van der Waals surface area contributed by atoms with Crippen LogP contribution in [-0.4, -0.2) is 19.5 Å². The molecule has 0 fully saturated rings. The summed E-state index contributed by atoms with van der Waals surface area (Å²) in [6, 6.07) is 11.8. The number of aromatic nitrogens is 1. The Bertz CT molecular complexity index is 739. The first-order valence-corrected chi connectivity index (χ1v) is 8.91. The number of sulfonamides is 1. The molecule has 0 aliphatic rings. The summed E-state index contributed by atoms with van der Waals surface area (Å²) in [5.74, 6) is 0.642. The molecule has 1 aromatic heterocycles. The van der Waals surface area contributed by atoms with Crippen molar-refractivity contribution in [3.05, 3.63) is 54.4 Å². The van der Waals surface area contributed by atoms with E-state index in [1.807, 2.05) is 19.9 Å². The monoisotopic (exact) mass is 334 g/mol. The van der Waals surface area contributed by atoms with E-state index in [9.17, 15) is 8.42 Å². The van der Waals surface area contributed by atoms with Gasteiger partial charge in [0.2, 0.25) is 10.0 Å². The molecule has 1 N–H and O–H groups in total. The fourth-order valence-electron chi connectivity index (χ4n) is 2.15. The highest BCUT2D eigenvalue weighted by atomic mass is 32.2. The second-order valence-electron chi connectivity index (χ2n) is 6.08. The average Bonchev–Trinajstić information content (AvgIpc) is 2.47. The second-order valence-corrected chi connectivity index (χ2v) is 7.77. The third kappa shape index (κ3) is 4.53. The summed E-state index contributed by atoms with van der Waals surface area (Å²) in [5, 5.41) is 0. The summed E-state index contributed by atoms with van der Waals surface area (Å²) in [4.78, 5) is 4.42. The molecular formula is C17H22N2O3S. The minimum Gasteiger partial charge on any atom is -0.491 e. The van der Waals surface area contributed by atoms with E-state index < -0.39 is 15.6 Å². The van der Waals surface area contributed by atoms with Crippen molar-refractivity contribution in [3.8, 4) is 5.75 Å². The van der Waals surface area contributed by atoms with Gasteiger partial charge in [-0.15, -0.1) is 0 Å². The van der Waals surface area contributed by atoms with Crippen molar-refractivity contribution >= 4 is 10.0 Å². The predicted octanol–water partition coefficient (Wildman–Crippen LogP) is 3.08. The summed E-state index contributed by atoms with van der Waals surface area (Å²) < 4.78 is 33.4. The van der Waals surface area contributed by atoms with E-state index in [1.165, 1.54) is 12.1 Å². The first kappa shape index (κ1) is 17.4. The number of hydrogen-bond acceptors (Lipinski definition) is 4. The van der Waals surface area contributed by atoms with Crippen LogP contribution in [0.5, 0.6) is 5.75 Å². The summed E-state index contributed by atoms with van der Waals surface area (Å²) >= 11 is 0. The molecule has 0 saturated carbocycles. The van der Waals surface area contributed by atoms with Crippen LogP contribution in [0, 0.1) is 0 Å². The Kier molecular flexibility index (Phi) is 5.06. The molecule has 1 heterocycles. The Balaban J connectivity index is 2.21. The van der Waals surface area contributed by atoms with E-state index >= 15 is 0 Å². The van der Waals surface area contributed by atoms with Gasteiger partial charge in [0.05, 0.1) is 22.2 Å². The topological polar surface area (TPSA) is 68.3 Å². The van der Waals surface area contributed by atoms with Gasteiger partial charge >= 0.3 is 0 Å². The van der Waals surface area contributed by atoms with Gasteiger partial charge in [-0.25, -0.2) is 8.42 Å². The zero-order valence-corrected chi connectivity index (χ0v) is 14.6. The number of hydrogen-bond donors (Lipinski definition) is 1. The van der Waals surface area contributed by atoms with Crippen molar-refractivity contribution in [3.63, 3.8) is 0 Å². The van der Waals surface area contributed by atoms with Gasteiger partial charge in [0, 0.05) is 6.20 Å². The number of nitrogens with zero attached hydrogens (tertiary/aromatic N) is 1. The molecule has 2 rings (SSSR count). The number of pyridine rings is 1. The molecule has 0 saturated heterocycles. The predicted molar refractivity (Wildman–Crippen MR) is 89.8 cm³/mol. The third-order valence-electron chi connectivity index (χ3n) is 3.20. The van der Waals surface area contributed by atoms with Crippen LogP contribution in [0.1, 0.15) is 33.4 Å². The first-order valence-electron chi connectivity index (χ1n) is 7.43. The molecule has 5 nitrogen and oxygen atoms in total. The van der Waals surface area contributed by atoms with Gasteiger partial charge in [-0.3, -0.25) is 4.98 Å². The van der Waals surface area contributed by atoms with Gasteiger partial charge in [0.1, 0.15) is 5.75 Å². The van der Waals surface area contributed by atoms with Crippen LogP contribution in [0.25, 0.3) is 0 Å². The molecule has 0 aliphatic heterocycles. The van der Waals surface area contributed by atoms with Crippen LogP contribution < -0.4 is 9.46 Å². The van der Waals surface area contributed by atoms with Crippen LogP contribution in [0.2, 0.25) is 0 Å². The lowest BCUT2D eigenvalue weighted by atomic mass is 10.0. The van der Waals surface area contributed by atoms with Gasteiger partial charge in [-0.1, -0.05) is 6.07 Å². The quantitative estimate of drug-likeness (QED) is 0.881. The van der Waals surface area contributed by atoms with Crippen LogP contribution >= 0.6 is 0 Å². The molecule has 0 aliphatic carbocycles. The van der Waals surface area contributed by atoms with E-state index in [0.29, 0.717) is 11.4 Å². The number of ether oxygens (including phenoxy) is 1. The molecule has 23 heavy (non-hydrogen) atoms. The van der Waals surface area contributed by atoms with E-state index in [2.05, 4.69) is 9.71 Å². The van der Waals surface area contributed by atoms with Crippen molar-refractivity contribution in [2.24, 2.45) is 0 Å². The summed E-state index contributed by atoms with van der Waals surface area (Å²) in [6.07, 6.45) is 1.68.